The Hall–Kier alpha value is -2.93. The number of furan rings is 1. The van der Waals surface area contributed by atoms with E-state index in [2.05, 4.69) is 0 Å². The van der Waals surface area contributed by atoms with E-state index >= 15 is 0 Å². The van der Waals surface area contributed by atoms with Crippen molar-refractivity contribution in [2.75, 3.05) is 31.1 Å². The molecule has 2 aliphatic heterocycles. The van der Waals surface area contributed by atoms with Gasteiger partial charge in [0, 0.05) is 26.2 Å². The predicted octanol–water partition coefficient (Wildman–Crippen LogP) is 1.68. The second-order valence-electron chi connectivity index (χ2n) is 6.88. The van der Waals surface area contributed by atoms with Crippen molar-refractivity contribution in [3.8, 4) is 0 Å². The summed E-state index contributed by atoms with van der Waals surface area (Å²) in [5.41, 5.74) is 1.55. The molecule has 1 atom stereocenters. The minimum absolute atomic E-state index is 0.144. The zero-order chi connectivity index (χ0) is 19.0. The summed E-state index contributed by atoms with van der Waals surface area (Å²) in [6.07, 6.45) is 1.66. The van der Waals surface area contributed by atoms with Gasteiger partial charge in [0.05, 0.1) is 24.4 Å². The highest BCUT2D eigenvalue weighted by Gasteiger charge is 2.44. The molecule has 2 fully saturated rings. The fourth-order valence-electron chi connectivity index (χ4n) is 3.76. The van der Waals surface area contributed by atoms with Gasteiger partial charge in [0.2, 0.25) is 5.91 Å². The Morgan fingerprint density at radius 2 is 1.78 bits per heavy atom. The monoisotopic (exact) mass is 367 g/mol. The average Bonchev–Trinajstić information content (AvgIpc) is 3.31. The summed E-state index contributed by atoms with van der Waals surface area (Å²) < 4.78 is 5.17. The molecule has 2 aliphatic rings. The molecule has 0 aliphatic carbocycles. The molecule has 0 saturated carbocycles. The van der Waals surface area contributed by atoms with E-state index in [1.807, 2.05) is 30.0 Å². The van der Waals surface area contributed by atoms with Gasteiger partial charge in [-0.25, -0.2) is 4.90 Å². The Morgan fingerprint density at radius 3 is 2.44 bits per heavy atom. The number of amides is 3. The summed E-state index contributed by atoms with van der Waals surface area (Å²) in [5, 5.41) is 0. The first-order valence-electron chi connectivity index (χ1n) is 9.05. The van der Waals surface area contributed by atoms with E-state index in [4.69, 9.17) is 4.42 Å². The van der Waals surface area contributed by atoms with Gasteiger partial charge in [-0.2, -0.15) is 0 Å². The second kappa shape index (κ2) is 7.00. The highest BCUT2D eigenvalue weighted by atomic mass is 16.3. The van der Waals surface area contributed by atoms with Crippen molar-refractivity contribution < 1.29 is 18.8 Å². The Balaban J connectivity index is 1.43. The lowest BCUT2D eigenvalue weighted by Crippen LogP contribution is -2.53. The first-order valence-corrected chi connectivity index (χ1v) is 9.05. The Morgan fingerprint density at radius 1 is 1.04 bits per heavy atom. The van der Waals surface area contributed by atoms with Crippen LogP contribution in [0.25, 0.3) is 0 Å². The van der Waals surface area contributed by atoms with E-state index in [0.717, 1.165) is 5.56 Å². The molecule has 2 saturated heterocycles. The standard InChI is InChI=1S/C20H21N3O4/c1-14-5-2-3-6-15(14)23-18(24)13-16(19(23)25)21-8-10-22(11-9-21)20(26)17-7-4-12-27-17/h2-7,12,16H,8-11,13H2,1H3/t16-/m1/s1. The highest BCUT2D eigenvalue weighted by Crippen LogP contribution is 2.28. The predicted molar refractivity (Wildman–Crippen MR) is 98.3 cm³/mol. The third kappa shape index (κ3) is 3.14. The number of aryl methyl sites for hydroxylation is 1. The van der Waals surface area contributed by atoms with E-state index in [1.54, 1.807) is 23.1 Å². The molecule has 140 valence electrons. The van der Waals surface area contributed by atoms with E-state index in [1.165, 1.54) is 11.2 Å². The van der Waals surface area contributed by atoms with Gasteiger partial charge >= 0.3 is 0 Å². The van der Waals surface area contributed by atoms with Gasteiger partial charge in [0.25, 0.3) is 11.8 Å². The summed E-state index contributed by atoms with van der Waals surface area (Å²) in [6, 6.07) is 10.3. The molecule has 0 radical (unpaired) electrons. The van der Waals surface area contributed by atoms with E-state index in [-0.39, 0.29) is 24.1 Å². The number of benzene rings is 1. The van der Waals surface area contributed by atoms with Crippen molar-refractivity contribution >= 4 is 23.4 Å². The van der Waals surface area contributed by atoms with Crippen LogP contribution in [0.5, 0.6) is 0 Å². The number of imide groups is 1. The van der Waals surface area contributed by atoms with Gasteiger partial charge in [0.1, 0.15) is 0 Å². The van der Waals surface area contributed by atoms with Crippen LogP contribution in [0.1, 0.15) is 22.5 Å². The molecule has 4 rings (SSSR count). The smallest absolute Gasteiger partial charge is 0.289 e. The van der Waals surface area contributed by atoms with Gasteiger partial charge in [0.15, 0.2) is 5.76 Å². The normalized spacial score (nSPS) is 21.1. The summed E-state index contributed by atoms with van der Waals surface area (Å²) in [5.74, 6) is -0.176. The Bertz CT molecular complexity index is 869. The van der Waals surface area contributed by atoms with Crippen LogP contribution in [0.2, 0.25) is 0 Å². The molecule has 0 bridgehead atoms. The topological polar surface area (TPSA) is 74.1 Å². The third-order valence-corrected chi connectivity index (χ3v) is 5.25. The van der Waals surface area contributed by atoms with Crippen LogP contribution >= 0.6 is 0 Å². The van der Waals surface area contributed by atoms with Crippen molar-refractivity contribution in [1.29, 1.82) is 0 Å². The zero-order valence-corrected chi connectivity index (χ0v) is 15.1. The molecule has 1 aromatic heterocycles. The fraction of sp³-hybridized carbons (Fsp3) is 0.350. The minimum atomic E-state index is -0.460. The van der Waals surface area contributed by atoms with Gasteiger partial charge in [-0.15, -0.1) is 0 Å². The molecular weight excluding hydrogens is 346 g/mol. The van der Waals surface area contributed by atoms with Crippen molar-refractivity contribution in [1.82, 2.24) is 9.80 Å². The van der Waals surface area contributed by atoms with E-state index in [9.17, 15) is 14.4 Å². The molecule has 0 unspecified atom stereocenters. The number of carbonyl (C=O) groups excluding carboxylic acids is 3. The first-order chi connectivity index (χ1) is 13.1. The summed E-state index contributed by atoms with van der Waals surface area (Å²) in [4.78, 5) is 42.9. The molecule has 7 heteroatoms. The fourth-order valence-corrected chi connectivity index (χ4v) is 3.76. The Kier molecular flexibility index (Phi) is 4.53. The van der Waals surface area contributed by atoms with Crippen molar-refractivity contribution in [3.63, 3.8) is 0 Å². The van der Waals surface area contributed by atoms with Crippen LogP contribution in [-0.2, 0) is 9.59 Å². The zero-order valence-electron chi connectivity index (χ0n) is 15.1. The van der Waals surface area contributed by atoms with Crippen LogP contribution in [0, 0.1) is 6.92 Å². The maximum absolute atomic E-state index is 12.9. The maximum atomic E-state index is 12.9. The molecule has 3 heterocycles. The summed E-state index contributed by atoms with van der Waals surface area (Å²) in [7, 11) is 0. The molecule has 3 amide bonds. The first kappa shape index (κ1) is 17.5. The quantitative estimate of drug-likeness (QED) is 0.772. The number of anilines is 1. The van der Waals surface area contributed by atoms with Crippen LogP contribution in [-0.4, -0.2) is 59.7 Å². The minimum Gasteiger partial charge on any atom is -0.459 e. The van der Waals surface area contributed by atoms with Crippen LogP contribution in [0.4, 0.5) is 5.69 Å². The number of carbonyl (C=O) groups is 3. The van der Waals surface area contributed by atoms with Gasteiger partial charge in [-0.1, -0.05) is 18.2 Å². The molecule has 27 heavy (non-hydrogen) atoms. The molecular formula is C20H21N3O4. The van der Waals surface area contributed by atoms with E-state index in [0.29, 0.717) is 37.6 Å². The average molecular weight is 367 g/mol. The lowest BCUT2D eigenvalue weighted by Gasteiger charge is -2.36. The van der Waals surface area contributed by atoms with Crippen molar-refractivity contribution in [3.05, 3.63) is 54.0 Å². The largest absolute Gasteiger partial charge is 0.459 e. The number of nitrogens with zero attached hydrogens (tertiary/aromatic N) is 3. The number of para-hydroxylation sites is 1. The van der Waals surface area contributed by atoms with Crippen LogP contribution in [0.15, 0.2) is 47.1 Å². The lowest BCUT2D eigenvalue weighted by molar-refractivity contribution is -0.123. The molecule has 0 spiro atoms. The lowest BCUT2D eigenvalue weighted by atomic mass is 10.1. The second-order valence-corrected chi connectivity index (χ2v) is 6.88. The number of rotatable bonds is 3. The SMILES string of the molecule is Cc1ccccc1N1C(=O)C[C@@H](N2CCN(C(=O)c3ccco3)CC2)C1=O. The van der Waals surface area contributed by atoms with E-state index < -0.39 is 6.04 Å². The third-order valence-electron chi connectivity index (χ3n) is 5.25. The summed E-state index contributed by atoms with van der Waals surface area (Å²) >= 11 is 0. The van der Waals surface area contributed by atoms with Crippen molar-refractivity contribution in [2.24, 2.45) is 0 Å². The molecule has 0 N–H and O–H groups in total. The Labute approximate surface area is 157 Å². The molecule has 1 aromatic carbocycles. The molecule has 2 aromatic rings. The number of piperazine rings is 1. The highest BCUT2D eigenvalue weighted by molar-refractivity contribution is 6.22. The van der Waals surface area contributed by atoms with Gasteiger partial charge in [-0.05, 0) is 30.7 Å². The number of hydrogen-bond donors (Lipinski definition) is 0. The van der Waals surface area contributed by atoms with Gasteiger partial charge in [-0.3, -0.25) is 19.3 Å². The van der Waals surface area contributed by atoms with Crippen molar-refractivity contribution in [2.45, 2.75) is 19.4 Å². The molecule has 7 nitrogen and oxygen atoms in total. The summed E-state index contributed by atoms with van der Waals surface area (Å²) in [6.45, 7) is 4.00. The van der Waals surface area contributed by atoms with Gasteiger partial charge < -0.3 is 9.32 Å². The van der Waals surface area contributed by atoms with Crippen LogP contribution < -0.4 is 4.90 Å². The maximum Gasteiger partial charge on any atom is 0.289 e. The number of hydrogen-bond acceptors (Lipinski definition) is 5. The van der Waals surface area contributed by atoms with Crippen LogP contribution in [0.3, 0.4) is 0 Å².